The summed E-state index contributed by atoms with van der Waals surface area (Å²) in [6, 6.07) is -0.268. The van der Waals surface area contributed by atoms with Crippen molar-refractivity contribution in [2.75, 3.05) is 0 Å². The highest BCUT2D eigenvalue weighted by molar-refractivity contribution is 5.87. The molecule has 0 fully saturated rings. The maximum Gasteiger partial charge on any atom is 0.243 e. The van der Waals surface area contributed by atoms with E-state index in [0.717, 1.165) is 12.8 Å². The lowest BCUT2D eigenvalue weighted by Gasteiger charge is -2.23. The van der Waals surface area contributed by atoms with Gasteiger partial charge in [0.1, 0.15) is 6.04 Å². The monoisotopic (exact) mass is 256 g/mol. The average Bonchev–Trinajstić information content (AvgIpc) is 2.25. The zero-order valence-corrected chi connectivity index (χ0v) is 12.4. The van der Waals surface area contributed by atoms with Crippen molar-refractivity contribution in [2.24, 2.45) is 5.92 Å². The molecule has 2 unspecified atom stereocenters. The van der Waals surface area contributed by atoms with Crippen LogP contribution < -0.4 is 10.6 Å². The number of carbonyl (C=O) groups is 2. The van der Waals surface area contributed by atoms with E-state index in [9.17, 15) is 9.59 Å². The number of amides is 2. The predicted molar refractivity (Wildman–Crippen MR) is 74.2 cm³/mol. The summed E-state index contributed by atoms with van der Waals surface area (Å²) in [7, 11) is 0. The van der Waals surface area contributed by atoms with Gasteiger partial charge in [0.25, 0.3) is 0 Å². The Kier molecular flexibility index (Phi) is 8.42. The quantitative estimate of drug-likeness (QED) is 0.654. The van der Waals surface area contributed by atoms with Crippen molar-refractivity contribution < 1.29 is 9.59 Å². The first-order chi connectivity index (χ1) is 8.38. The van der Waals surface area contributed by atoms with Gasteiger partial charge in [-0.2, -0.15) is 0 Å². The lowest BCUT2D eigenvalue weighted by atomic mass is 10.0. The molecule has 18 heavy (non-hydrogen) atoms. The Balaban J connectivity index is 4.20. The number of hydrogen-bond donors (Lipinski definition) is 2. The van der Waals surface area contributed by atoms with E-state index in [1.54, 1.807) is 0 Å². The van der Waals surface area contributed by atoms with E-state index in [4.69, 9.17) is 0 Å². The van der Waals surface area contributed by atoms with Gasteiger partial charge in [-0.15, -0.1) is 0 Å². The molecule has 0 spiro atoms. The largest absolute Gasteiger partial charge is 0.352 e. The molecule has 0 aromatic carbocycles. The van der Waals surface area contributed by atoms with Crippen LogP contribution in [0.3, 0.4) is 0 Å². The van der Waals surface area contributed by atoms with Crippen LogP contribution in [-0.2, 0) is 9.59 Å². The van der Waals surface area contributed by atoms with Crippen LogP contribution >= 0.6 is 0 Å². The Morgan fingerprint density at radius 2 is 1.67 bits per heavy atom. The van der Waals surface area contributed by atoms with Crippen molar-refractivity contribution in [3.63, 3.8) is 0 Å². The highest BCUT2D eigenvalue weighted by atomic mass is 16.2. The third-order valence-corrected chi connectivity index (χ3v) is 2.94. The third-order valence-electron chi connectivity index (χ3n) is 2.94. The summed E-state index contributed by atoms with van der Waals surface area (Å²) < 4.78 is 0. The first-order valence-electron chi connectivity index (χ1n) is 6.96. The summed E-state index contributed by atoms with van der Waals surface area (Å²) in [6.45, 7) is 9.48. The van der Waals surface area contributed by atoms with Gasteiger partial charge >= 0.3 is 0 Å². The maximum atomic E-state index is 12.0. The number of nitrogens with one attached hydrogen (secondary N) is 2. The van der Waals surface area contributed by atoms with Gasteiger partial charge in [-0.3, -0.25) is 9.59 Å². The summed E-state index contributed by atoms with van der Waals surface area (Å²) in [5, 5.41) is 5.67. The molecule has 0 saturated heterocycles. The molecule has 0 bridgehead atoms. The number of carbonyl (C=O) groups excluding carboxylic acids is 2. The maximum absolute atomic E-state index is 12.0. The first-order valence-corrected chi connectivity index (χ1v) is 6.96. The van der Waals surface area contributed by atoms with Crippen LogP contribution in [0.1, 0.15) is 60.3 Å². The van der Waals surface area contributed by atoms with Crippen molar-refractivity contribution in [1.29, 1.82) is 0 Å². The molecular formula is C14H28N2O2. The molecule has 0 aromatic rings. The van der Waals surface area contributed by atoms with Crippen LogP contribution in [0.25, 0.3) is 0 Å². The smallest absolute Gasteiger partial charge is 0.243 e. The Morgan fingerprint density at radius 3 is 2.11 bits per heavy atom. The fourth-order valence-corrected chi connectivity index (χ4v) is 1.86. The first kappa shape index (κ1) is 16.9. The van der Waals surface area contributed by atoms with Crippen molar-refractivity contribution in [3.8, 4) is 0 Å². The average molecular weight is 256 g/mol. The summed E-state index contributed by atoms with van der Waals surface area (Å²) in [4.78, 5) is 23.1. The Hall–Kier alpha value is -1.06. The lowest BCUT2D eigenvalue weighted by Crippen LogP contribution is -2.51. The second kappa shape index (κ2) is 8.95. The van der Waals surface area contributed by atoms with Gasteiger partial charge in [0, 0.05) is 13.0 Å². The summed E-state index contributed by atoms with van der Waals surface area (Å²) in [5.41, 5.74) is 0. The van der Waals surface area contributed by atoms with Gasteiger partial charge in [0.15, 0.2) is 0 Å². The molecule has 0 radical (unpaired) electrons. The SMILES string of the molecule is CCCCCC(C)NC(=O)C(NC(C)=O)C(C)C. The summed E-state index contributed by atoms with van der Waals surface area (Å²) in [5.74, 6) is -0.150. The van der Waals surface area contributed by atoms with Crippen LogP contribution in [-0.4, -0.2) is 23.9 Å². The molecule has 0 rings (SSSR count). The molecule has 106 valence electrons. The van der Waals surface area contributed by atoms with Crippen molar-refractivity contribution in [2.45, 2.75) is 72.4 Å². The van der Waals surface area contributed by atoms with Crippen LogP contribution in [0.4, 0.5) is 0 Å². The van der Waals surface area contributed by atoms with E-state index in [2.05, 4.69) is 17.6 Å². The molecule has 0 heterocycles. The second-order valence-corrected chi connectivity index (χ2v) is 5.33. The Bertz CT molecular complexity index is 265. The number of hydrogen-bond acceptors (Lipinski definition) is 2. The van der Waals surface area contributed by atoms with E-state index < -0.39 is 6.04 Å². The molecule has 4 nitrogen and oxygen atoms in total. The highest BCUT2D eigenvalue weighted by Crippen LogP contribution is 2.06. The summed E-state index contributed by atoms with van der Waals surface area (Å²) >= 11 is 0. The molecule has 0 aliphatic rings. The fourth-order valence-electron chi connectivity index (χ4n) is 1.86. The molecule has 0 saturated carbocycles. The van der Waals surface area contributed by atoms with E-state index in [0.29, 0.717) is 0 Å². The van der Waals surface area contributed by atoms with Crippen LogP contribution in [0.15, 0.2) is 0 Å². The van der Waals surface area contributed by atoms with Gasteiger partial charge in [-0.25, -0.2) is 0 Å². The molecule has 2 atom stereocenters. The molecule has 2 amide bonds. The van der Waals surface area contributed by atoms with Gasteiger partial charge in [0.2, 0.25) is 11.8 Å². The van der Waals surface area contributed by atoms with Gasteiger partial charge < -0.3 is 10.6 Å². The Labute approximate surface area is 111 Å². The Morgan fingerprint density at radius 1 is 1.06 bits per heavy atom. The molecule has 2 N–H and O–H groups in total. The lowest BCUT2D eigenvalue weighted by molar-refractivity contribution is -0.129. The van der Waals surface area contributed by atoms with E-state index in [1.165, 1.54) is 19.8 Å². The van der Waals surface area contributed by atoms with Crippen LogP contribution in [0, 0.1) is 5.92 Å². The number of unbranched alkanes of at least 4 members (excludes halogenated alkanes) is 2. The zero-order chi connectivity index (χ0) is 14.1. The third kappa shape index (κ3) is 7.30. The van der Waals surface area contributed by atoms with Crippen molar-refractivity contribution in [1.82, 2.24) is 10.6 Å². The number of rotatable bonds is 8. The minimum absolute atomic E-state index is 0.0794. The standard InChI is InChI=1S/C14H28N2O2/c1-6-7-8-9-11(4)15-14(18)13(10(2)3)16-12(5)17/h10-11,13H,6-9H2,1-5H3,(H,15,18)(H,16,17). The molecule has 0 aromatic heterocycles. The van der Waals surface area contributed by atoms with E-state index >= 15 is 0 Å². The highest BCUT2D eigenvalue weighted by Gasteiger charge is 2.23. The predicted octanol–water partition coefficient (Wildman–Crippen LogP) is 2.23. The van der Waals surface area contributed by atoms with E-state index in [1.807, 2.05) is 20.8 Å². The zero-order valence-electron chi connectivity index (χ0n) is 12.4. The second-order valence-electron chi connectivity index (χ2n) is 5.33. The van der Waals surface area contributed by atoms with Crippen LogP contribution in [0.5, 0.6) is 0 Å². The van der Waals surface area contributed by atoms with Crippen molar-refractivity contribution in [3.05, 3.63) is 0 Å². The molecule has 4 heteroatoms. The van der Waals surface area contributed by atoms with E-state index in [-0.39, 0.29) is 23.8 Å². The molecule has 0 aliphatic carbocycles. The molecular weight excluding hydrogens is 228 g/mol. The normalized spacial score (nSPS) is 14.1. The minimum Gasteiger partial charge on any atom is -0.352 e. The minimum atomic E-state index is -0.434. The summed E-state index contributed by atoms with van der Waals surface area (Å²) in [6.07, 6.45) is 4.50. The van der Waals surface area contributed by atoms with Gasteiger partial charge in [0.05, 0.1) is 0 Å². The fraction of sp³-hybridized carbons (Fsp3) is 0.857. The van der Waals surface area contributed by atoms with Gasteiger partial charge in [-0.05, 0) is 19.3 Å². The topological polar surface area (TPSA) is 58.2 Å². The van der Waals surface area contributed by atoms with Crippen LogP contribution in [0.2, 0.25) is 0 Å². The van der Waals surface area contributed by atoms with Crippen molar-refractivity contribution >= 4 is 11.8 Å². The van der Waals surface area contributed by atoms with Gasteiger partial charge in [-0.1, -0.05) is 40.0 Å². The molecule has 0 aliphatic heterocycles.